The van der Waals surface area contributed by atoms with E-state index in [1.165, 1.54) is 32.1 Å². The van der Waals surface area contributed by atoms with Crippen molar-refractivity contribution < 1.29 is 9.53 Å². The van der Waals surface area contributed by atoms with E-state index in [1.807, 2.05) is 0 Å². The van der Waals surface area contributed by atoms with Crippen LogP contribution in [0.4, 0.5) is 0 Å². The molecule has 2 bridgehead atoms. The summed E-state index contributed by atoms with van der Waals surface area (Å²) in [5, 5.41) is 0. The van der Waals surface area contributed by atoms with E-state index in [0.717, 1.165) is 30.6 Å². The summed E-state index contributed by atoms with van der Waals surface area (Å²) in [6.07, 6.45) is 8.92. The number of esters is 1. The molecule has 2 heteroatoms. The van der Waals surface area contributed by atoms with Gasteiger partial charge in [-0.1, -0.05) is 20.3 Å². The van der Waals surface area contributed by atoms with Gasteiger partial charge in [-0.05, 0) is 75.0 Å². The normalized spacial score (nSPS) is 54.9. The molecular weight excluding hydrogens is 260 g/mol. The third-order valence-corrected chi connectivity index (χ3v) is 7.51. The fraction of sp³-hybridized carbons (Fsp3) is 0.947. The Morgan fingerprint density at radius 2 is 1.86 bits per heavy atom. The Kier molecular flexibility index (Phi) is 3.17. The van der Waals surface area contributed by atoms with Crippen LogP contribution >= 0.6 is 0 Å². The lowest BCUT2D eigenvalue weighted by atomic mass is 9.73. The topological polar surface area (TPSA) is 26.3 Å². The highest BCUT2D eigenvalue weighted by molar-refractivity contribution is 5.73. The van der Waals surface area contributed by atoms with E-state index < -0.39 is 0 Å². The molecule has 4 saturated carbocycles. The van der Waals surface area contributed by atoms with E-state index in [0.29, 0.717) is 17.8 Å². The summed E-state index contributed by atoms with van der Waals surface area (Å²) >= 11 is 0. The lowest BCUT2D eigenvalue weighted by Gasteiger charge is -2.40. The van der Waals surface area contributed by atoms with Crippen LogP contribution in [0.2, 0.25) is 0 Å². The average Bonchev–Trinajstić information content (AvgIpc) is 3.09. The highest BCUT2D eigenvalue weighted by Crippen LogP contribution is 2.63. The van der Waals surface area contributed by atoms with Gasteiger partial charge in [0.1, 0.15) is 5.60 Å². The first-order valence-corrected chi connectivity index (χ1v) is 9.21. The Morgan fingerprint density at radius 1 is 1.10 bits per heavy atom. The SMILES string of the molecule is CC1CC(C)C(C(=O)OC2(C)CC3CC2C2CCCC32)C1. The second kappa shape index (κ2) is 4.73. The number of fused-ring (bicyclic) bond motifs is 5. The molecule has 2 nitrogen and oxygen atoms in total. The van der Waals surface area contributed by atoms with Gasteiger partial charge in [-0.15, -0.1) is 0 Å². The highest BCUT2D eigenvalue weighted by atomic mass is 16.6. The van der Waals surface area contributed by atoms with E-state index in [4.69, 9.17) is 4.74 Å². The molecule has 0 N–H and O–H groups in total. The van der Waals surface area contributed by atoms with Crippen molar-refractivity contribution >= 4 is 5.97 Å². The van der Waals surface area contributed by atoms with Crippen molar-refractivity contribution in [2.24, 2.45) is 41.4 Å². The van der Waals surface area contributed by atoms with Gasteiger partial charge in [0.05, 0.1) is 5.92 Å². The summed E-state index contributed by atoms with van der Waals surface area (Å²) in [5.41, 5.74) is -0.140. The van der Waals surface area contributed by atoms with E-state index in [-0.39, 0.29) is 17.5 Å². The molecule has 0 aromatic carbocycles. The molecule has 0 aliphatic heterocycles. The van der Waals surface area contributed by atoms with Crippen LogP contribution in [-0.2, 0) is 9.53 Å². The average molecular weight is 290 g/mol. The summed E-state index contributed by atoms with van der Waals surface area (Å²) in [6.45, 7) is 6.74. The molecule has 0 heterocycles. The zero-order chi connectivity index (χ0) is 14.8. The second-order valence-electron chi connectivity index (χ2n) is 8.96. The summed E-state index contributed by atoms with van der Waals surface area (Å²) in [7, 11) is 0. The fourth-order valence-corrected chi connectivity index (χ4v) is 6.70. The molecule has 0 spiro atoms. The van der Waals surface area contributed by atoms with Crippen molar-refractivity contribution in [3.05, 3.63) is 0 Å². The Bertz CT molecular complexity index is 445. The van der Waals surface area contributed by atoms with Crippen LogP contribution in [0.5, 0.6) is 0 Å². The number of hydrogen-bond acceptors (Lipinski definition) is 2. The lowest BCUT2D eigenvalue weighted by molar-refractivity contribution is -0.173. The predicted molar refractivity (Wildman–Crippen MR) is 82.6 cm³/mol. The molecule has 4 aliphatic rings. The van der Waals surface area contributed by atoms with E-state index in [1.54, 1.807) is 0 Å². The molecule has 0 saturated heterocycles. The zero-order valence-corrected chi connectivity index (χ0v) is 13.8. The maximum Gasteiger partial charge on any atom is 0.309 e. The summed E-state index contributed by atoms with van der Waals surface area (Å²) in [4.78, 5) is 12.7. The van der Waals surface area contributed by atoms with Gasteiger partial charge in [-0.3, -0.25) is 4.79 Å². The Balaban J connectivity index is 1.46. The van der Waals surface area contributed by atoms with E-state index in [2.05, 4.69) is 20.8 Å². The number of hydrogen-bond donors (Lipinski definition) is 0. The predicted octanol–water partition coefficient (Wildman–Crippen LogP) is 4.43. The standard InChI is InChI=1S/C19H30O2/c1-11-7-12(2)16(8-11)18(20)21-19(3)10-13-9-17(19)15-6-4-5-14(13)15/h11-17H,4-10H2,1-3H3. The Labute approximate surface area is 129 Å². The summed E-state index contributed by atoms with van der Waals surface area (Å²) in [6, 6.07) is 0. The van der Waals surface area contributed by atoms with Gasteiger partial charge in [0.25, 0.3) is 0 Å². The van der Waals surface area contributed by atoms with Gasteiger partial charge in [0, 0.05) is 5.92 Å². The molecule has 0 amide bonds. The summed E-state index contributed by atoms with van der Waals surface area (Å²) in [5.74, 6) is 4.81. The molecule has 8 unspecified atom stereocenters. The minimum Gasteiger partial charge on any atom is -0.459 e. The largest absolute Gasteiger partial charge is 0.459 e. The van der Waals surface area contributed by atoms with Crippen molar-refractivity contribution in [3.8, 4) is 0 Å². The maximum absolute atomic E-state index is 12.7. The van der Waals surface area contributed by atoms with Crippen LogP contribution in [0.1, 0.15) is 65.7 Å². The van der Waals surface area contributed by atoms with E-state index >= 15 is 0 Å². The van der Waals surface area contributed by atoms with Crippen LogP contribution in [0, 0.1) is 41.4 Å². The maximum atomic E-state index is 12.7. The fourth-order valence-electron chi connectivity index (χ4n) is 6.70. The molecule has 0 aromatic heterocycles. The van der Waals surface area contributed by atoms with Gasteiger partial charge in [0.15, 0.2) is 0 Å². The number of ether oxygens (including phenoxy) is 1. The van der Waals surface area contributed by atoms with Crippen molar-refractivity contribution in [1.29, 1.82) is 0 Å². The molecule has 0 radical (unpaired) electrons. The van der Waals surface area contributed by atoms with Gasteiger partial charge < -0.3 is 4.74 Å². The zero-order valence-electron chi connectivity index (χ0n) is 13.8. The summed E-state index contributed by atoms with van der Waals surface area (Å²) < 4.78 is 6.20. The van der Waals surface area contributed by atoms with Crippen molar-refractivity contribution in [2.45, 2.75) is 71.3 Å². The molecule has 8 atom stereocenters. The van der Waals surface area contributed by atoms with Crippen molar-refractivity contribution in [2.75, 3.05) is 0 Å². The smallest absolute Gasteiger partial charge is 0.309 e. The first kappa shape index (κ1) is 14.1. The van der Waals surface area contributed by atoms with Crippen LogP contribution in [0.3, 0.4) is 0 Å². The molecule has 21 heavy (non-hydrogen) atoms. The molecule has 4 fully saturated rings. The first-order chi connectivity index (χ1) is 9.98. The van der Waals surface area contributed by atoms with Crippen LogP contribution in [-0.4, -0.2) is 11.6 Å². The van der Waals surface area contributed by atoms with Gasteiger partial charge in [0.2, 0.25) is 0 Å². The van der Waals surface area contributed by atoms with Crippen molar-refractivity contribution in [3.63, 3.8) is 0 Å². The molecule has 118 valence electrons. The minimum atomic E-state index is -0.140. The lowest BCUT2D eigenvalue weighted by Crippen LogP contribution is -2.44. The highest BCUT2D eigenvalue weighted by Gasteiger charge is 2.61. The second-order valence-corrected chi connectivity index (χ2v) is 8.96. The quantitative estimate of drug-likeness (QED) is 0.703. The van der Waals surface area contributed by atoms with Gasteiger partial charge in [-0.25, -0.2) is 0 Å². The first-order valence-electron chi connectivity index (χ1n) is 9.21. The molecular formula is C19H30O2. The number of carbonyl (C=O) groups is 1. The van der Waals surface area contributed by atoms with Crippen LogP contribution in [0.25, 0.3) is 0 Å². The molecule has 0 aromatic rings. The third-order valence-electron chi connectivity index (χ3n) is 7.51. The Morgan fingerprint density at radius 3 is 2.57 bits per heavy atom. The minimum absolute atomic E-state index is 0.122. The monoisotopic (exact) mass is 290 g/mol. The van der Waals surface area contributed by atoms with Crippen LogP contribution < -0.4 is 0 Å². The number of rotatable bonds is 2. The molecule has 4 rings (SSSR count). The third kappa shape index (κ3) is 2.08. The van der Waals surface area contributed by atoms with Gasteiger partial charge >= 0.3 is 5.97 Å². The van der Waals surface area contributed by atoms with Gasteiger partial charge in [-0.2, -0.15) is 0 Å². The Hall–Kier alpha value is -0.530. The number of carbonyl (C=O) groups excluding carboxylic acids is 1. The van der Waals surface area contributed by atoms with Crippen molar-refractivity contribution in [1.82, 2.24) is 0 Å². The molecule has 4 aliphatic carbocycles. The van der Waals surface area contributed by atoms with E-state index in [9.17, 15) is 4.79 Å². The van der Waals surface area contributed by atoms with Crippen LogP contribution in [0.15, 0.2) is 0 Å².